The Morgan fingerprint density at radius 1 is 1.21 bits per heavy atom. The lowest BCUT2D eigenvalue weighted by molar-refractivity contribution is -0.0799. The van der Waals surface area contributed by atoms with Gasteiger partial charge in [0.25, 0.3) is 5.56 Å². The van der Waals surface area contributed by atoms with E-state index in [1.165, 1.54) is 6.07 Å². The third-order valence-corrected chi connectivity index (χ3v) is 7.10. The first-order chi connectivity index (χ1) is 18.4. The lowest BCUT2D eigenvalue weighted by atomic mass is 9.84. The number of halogens is 2. The zero-order valence-electron chi connectivity index (χ0n) is 21.0. The van der Waals surface area contributed by atoms with Gasteiger partial charge in [0.15, 0.2) is 11.6 Å². The van der Waals surface area contributed by atoms with E-state index < -0.39 is 17.2 Å². The van der Waals surface area contributed by atoms with E-state index in [4.69, 9.17) is 14.8 Å². The van der Waals surface area contributed by atoms with Gasteiger partial charge in [-0.2, -0.15) is 5.26 Å². The number of nitriles is 1. The summed E-state index contributed by atoms with van der Waals surface area (Å²) in [5, 5.41) is 12.8. The number of piperidine rings is 1. The third kappa shape index (κ3) is 5.21. The zero-order valence-corrected chi connectivity index (χ0v) is 21.0. The SMILES string of the molecule is Cn1cc2c(cc1=O)C1(CCN(Cc3ccc(C(=NOCCC#N)c4ccc(F)c(F)c4)nc3)CC1)OC2. The van der Waals surface area contributed by atoms with Crippen LogP contribution in [0.2, 0.25) is 0 Å². The summed E-state index contributed by atoms with van der Waals surface area (Å²) in [5.41, 5.74) is 3.66. The van der Waals surface area contributed by atoms with Crippen LogP contribution in [0.25, 0.3) is 0 Å². The Balaban J connectivity index is 1.27. The number of benzene rings is 1. The van der Waals surface area contributed by atoms with E-state index in [1.54, 1.807) is 29.9 Å². The minimum Gasteiger partial charge on any atom is -0.394 e. The van der Waals surface area contributed by atoms with E-state index >= 15 is 0 Å². The van der Waals surface area contributed by atoms with Crippen molar-refractivity contribution in [1.29, 1.82) is 5.26 Å². The maximum atomic E-state index is 13.9. The Kier molecular flexibility index (Phi) is 7.31. The largest absolute Gasteiger partial charge is 0.394 e. The molecule has 3 aromatic rings. The topological polar surface area (TPSA) is 92.7 Å². The average Bonchev–Trinajstić information content (AvgIpc) is 3.24. The van der Waals surface area contributed by atoms with Crippen LogP contribution < -0.4 is 5.56 Å². The Bertz CT molecular complexity index is 1450. The normalized spacial score (nSPS) is 16.8. The summed E-state index contributed by atoms with van der Waals surface area (Å²) in [6.07, 6.45) is 5.34. The number of fused-ring (bicyclic) bond motifs is 2. The third-order valence-electron chi connectivity index (χ3n) is 7.10. The fraction of sp³-hybridized carbons (Fsp3) is 0.357. The second-order valence-electron chi connectivity index (χ2n) is 9.58. The summed E-state index contributed by atoms with van der Waals surface area (Å²) in [4.78, 5) is 24.3. The number of likely N-dealkylation sites (tertiary alicyclic amines) is 1. The minimum atomic E-state index is -0.999. The van der Waals surface area contributed by atoms with Gasteiger partial charge >= 0.3 is 0 Å². The molecule has 0 bridgehead atoms. The van der Waals surface area contributed by atoms with Gasteiger partial charge in [0, 0.05) is 56.3 Å². The molecule has 1 saturated heterocycles. The quantitative estimate of drug-likeness (QED) is 0.268. The number of oxime groups is 1. The number of aromatic nitrogens is 2. The fourth-order valence-electron chi connectivity index (χ4n) is 5.01. The number of aryl methyl sites for hydroxylation is 1. The summed E-state index contributed by atoms with van der Waals surface area (Å²) in [6.45, 7) is 2.90. The molecule has 0 N–H and O–H groups in total. The van der Waals surface area contributed by atoms with Crippen molar-refractivity contribution in [1.82, 2.24) is 14.5 Å². The van der Waals surface area contributed by atoms with Crippen LogP contribution in [0.5, 0.6) is 0 Å². The molecule has 5 rings (SSSR count). The summed E-state index contributed by atoms with van der Waals surface area (Å²) < 4.78 is 35.2. The molecule has 0 atom stereocenters. The molecule has 38 heavy (non-hydrogen) atoms. The zero-order chi connectivity index (χ0) is 26.7. The van der Waals surface area contributed by atoms with Crippen LogP contribution in [0.3, 0.4) is 0 Å². The molecule has 0 unspecified atom stereocenters. The first-order valence-corrected chi connectivity index (χ1v) is 12.4. The van der Waals surface area contributed by atoms with Crippen LogP contribution in [0.4, 0.5) is 8.78 Å². The second kappa shape index (κ2) is 10.8. The molecule has 2 aliphatic rings. The highest BCUT2D eigenvalue weighted by molar-refractivity contribution is 6.11. The Hall–Kier alpha value is -3.94. The number of nitrogens with zero attached hydrogens (tertiary/aromatic N) is 5. The second-order valence-corrected chi connectivity index (χ2v) is 9.58. The van der Waals surface area contributed by atoms with E-state index in [9.17, 15) is 13.6 Å². The predicted octanol–water partition coefficient (Wildman–Crippen LogP) is 3.76. The van der Waals surface area contributed by atoms with E-state index in [2.05, 4.69) is 15.0 Å². The smallest absolute Gasteiger partial charge is 0.250 e. The minimum absolute atomic E-state index is 0.0241. The van der Waals surface area contributed by atoms with Gasteiger partial charge in [0.1, 0.15) is 12.3 Å². The number of rotatable bonds is 7. The Morgan fingerprint density at radius 2 is 2.03 bits per heavy atom. The predicted molar refractivity (Wildman–Crippen MR) is 135 cm³/mol. The molecule has 0 amide bonds. The van der Waals surface area contributed by atoms with Gasteiger partial charge in [-0.1, -0.05) is 11.2 Å². The molecule has 0 saturated carbocycles. The van der Waals surface area contributed by atoms with Crippen LogP contribution in [0, 0.1) is 23.0 Å². The summed E-state index contributed by atoms with van der Waals surface area (Å²) in [5.74, 6) is -1.96. The van der Waals surface area contributed by atoms with E-state index in [0.717, 1.165) is 54.8 Å². The van der Waals surface area contributed by atoms with Crippen molar-refractivity contribution in [3.63, 3.8) is 0 Å². The van der Waals surface area contributed by atoms with Gasteiger partial charge in [0.05, 0.1) is 30.4 Å². The van der Waals surface area contributed by atoms with Crippen molar-refractivity contribution >= 4 is 5.71 Å². The molecule has 2 aromatic heterocycles. The highest BCUT2D eigenvalue weighted by Crippen LogP contribution is 2.43. The van der Waals surface area contributed by atoms with Crippen molar-refractivity contribution < 1.29 is 18.4 Å². The molecule has 196 valence electrons. The van der Waals surface area contributed by atoms with Gasteiger partial charge in [-0.05, 0) is 48.2 Å². The van der Waals surface area contributed by atoms with Crippen molar-refractivity contribution in [3.8, 4) is 6.07 Å². The van der Waals surface area contributed by atoms with Gasteiger partial charge in [0.2, 0.25) is 0 Å². The Labute approximate surface area is 218 Å². The highest BCUT2D eigenvalue weighted by atomic mass is 19.2. The number of hydrogen-bond donors (Lipinski definition) is 0. The first-order valence-electron chi connectivity index (χ1n) is 12.4. The lowest BCUT2D eigenvalue weighted by Gasteiger charge is -2.39. The first kappa shape index (κ1) is 25.7. The molecule has 1 aromatic carbocycles. The standard InChI is InChI=1S/C28H27F2N5O3/c1-34-17-21-18-37-28(22(21)14-26(34)36)7-10-35(11-8-28)16-19-3-6-25(32-15-19)27(33-38-12-2-9-31)20-4-5-23(29)24(30)13-20/h3-6,13-15,17H,2,7-8,10-12,16,18H2,1H3. The molecular formula is C28H27F2N5O3. The van der Waals surface area contributed by atoms with Crippen molar-refractivity contribution in [2.24, 2.45) is 12.2 Å². The van der Waals surface area contributed by atoms with Gasteiger partial charge in [-0.15, -0.1) is 0 Å². The summed E-state index contributed by atoms with van der Waals surface area (Å²) in [7, 11) is 1.75. The van der Waals surface area contributed by atoms with Crippen molar-refractivity contribution in [2.75, 3.05) is 19.7 Å². The van der Waals surface area contributed by atoms with Crippen LogP contribution >= 0.6 is 0 Å². The van der Waals surface area contributed by atoms with Crippen molar-refractivity contribution in [3.05, 3.63) is 98.7 Å². The molecule has 0 radical (unpaired) electrons. The molecule has 0 aliphatic carbocycles. The van der Waals surface area contributed by atoms with E-state index in [1.807, 2.05) is 18.3 Å². The number of ether oxygens (including phenoxy) is 1. The van der Waals surface area contributed by atoms with Crippen LogP contribution in [0.1, 0.15) is 47.2 Å². The van der Waals surface area contributed by atoms with Crippen LogP contribution in [-0.4, -0.2) is 39.9 Å². The molecule has 10 heteroatoms. The molecule has 8 nitrogen and oxygen atoms in total. The van der Waals surface area contributed by atoms with Crippen LogP contribution in [0.15, 0.2) is 58.7 Å². The summed E-state index contributed by atoms with van der Waals surface area (Å²) in [6, 6.07) is 10.8. The molecule has 1 fully saturated rings. The summed E-state index contributed by atoms with van der Waals surface area (Å²) >= 11 is 0. The maximum absolute atomic E-state index is 13.9. The lowest BCUT2D eigenvalue weighted by Crippen LogP contribution is -2.42. The number of hydrogen-bond acceptors (Lipinski definition) is 7. The molecule has 2 aliphatic heterocycles. The van der Waals surface area contributed by atoms with Crippen molar-refractivity contribution in [2.45, 2.75) is 38.0 Å². The Morgan fingerprint density at radius 3 is 2.74 bits per heavy atom. The van der Waals surface area contributed by atoms with Crippen LogP contribution in [-0.2, 0) is 35.4 Å². The highest BCUT2D eigenvalue weighted by Gasteiger charge is 2.43. The molecule has 1 spiro atoms. The fourth-order valence-corrected chi connectivity index (χ4v) is 5.01. The van der Waals surface area contributed by atoms with Gasteiger partial charge in [-0.25, -0.2) is 8.78 Å². The van der Waals surface area contributed by atoms with E-state index in [0.29, 0.717) is 24.4 Å². The number of pyridine rings is 2. The molecule has 4 heterocycles. The van der Waals surface area contributed by atoms with E-state index in [-0.39, 0.29) is 24.3 Å². The molecular weight excluding hydrogens is 492 g/mol. The van der Waals surface area contributed by atoms with Gasteiger partial charge in [-0.3, -0.25) is 14.7 Å². The van der Waals surface area contributed by atoms with Gasteiger partial charge < -0.3 is 14.1 Å². The monoisotopic (exact) mass is 519 g/mol. The average molecular weight is 520 g/mol. The maximum Gasteiger partial charge on any atom is 0.250 e.